The fourth-order valence-electron chi connectivity index (χ4n) is 3.31. The number of carbonyl (C=O) groups excluding carboxylic acids is 1. The highest BCUT2D eigenvalue weighted by atomic mass is 35.5. The van der Waals surface area contributed by atoms with Crippen molar-refractivity contribution >= 4 is 33.2 Å². The Bertz CT molecular complexity index is 947. The van der Waals surface area contributed by atoms with Gasteiger partial charge in [0, 0.05) is 11.6 Å². The Labute approximate surface area is 197 Å². The van der Waals surface area contributed by atoms with E-state index in [1.807, 2.05) is 6.92 Å². The third-order valence-electron chi connectivity index (χ3n) is 5.26. The van der Waals surface area contributed by atoms with E-state index in [2.05, 4.69) is 19.2 Å². The van der Waals surface area contributed by atoms with Crippen molar-refractivity contribution in [3.05, 3.63) is 53.6 Å². The molecule has 1 atom stereocenters. The molecule has 0 aliphatic rings. The predicted octanol–water partition coefficient (Wildman–Crippen LogP) is 5.27. The molecule has 1 amide bonds. The number of rotatable bonds is 13. The van der Waals surface area contributed by atoms with Crippen LogP contribution in [0.1, 0.15) is 46.5 Å². The normalized spacial score (nSPS) is 12.2. The second-order valence-electron chi connectivity index (χ2n) is 7.61. The van der Waals surface area contributed by atoms with Crippen LogP contribution in [0.3, 0.4) is 0 Å². The zero-order chi connectivity index (χ0) is 23.6. The van der Waals surface area contributed by atoms with Gasteiger partial charge in [-0.25, -0.2) is 8.42 Å². The van der Waals surface area contributed by atoms with Crippen molar-refractivity contribution in [3.63, 3.8) is 0 Å². The molecule has 2 rings (SSSR count). The van der Waals surface area contributed by atoms with Gasteiger partial charge in [0.15, 0.2) is 0 Å². The summed E-state index contributed by atoms with van der Waals surface area (Å²) in [4.78, 5) is 12.8. The minimum absolute atomic E-state index is 0.0676. The number of anilines is 1. The summed E-state index contributed by atoms with van der Waals surface area (Å²) in [6, 6.07) is 12.6. The molecular formula is C24H33ClN2O4S. The fraction of sp³-hybridized carbons (Fsp3) is 0.458. The van der Waals surface area contributed by atoms with E-state index in [1.165, 1.54) is 24.3 Å². The Balaban J connectivity index is 2.25. The van der Waals surface area contributed by atoms with Crippen molar-refractivity contribution in [1.82, 2.24) is 5.32 Å². The number of carbonyl (C=O) groups is 1. The number of ether oxygens (including phenoxy) is 1. The third kappa shape index (κ3) is 7.41. The van der Waals surface area contributed by atoms with Crippen LogP contribution in [-0.2, 0) is 14.8 Å². The van der Waals surface area contributed by atoms with Crippen LogP contribution < -0.4 is 14.4 Å². The second kappa shape index (κ2) is 12.7. The van der Waals surface area contributed by atoms with E-state index in [0.29, 0.717) is 35.5 Å². The summed E-state index contributed by atoms with van der Waals surface area (Å²) in [7, 11) is -3.98. The van der Waals surface area contributed by atoms with Gasteiger partial charge in [-0.15, -0.1) is 0 Å². The monoisotopic (exact) mass is 480 g/mol. The zero-order valence-electron chi connectivity index (χ0n) is 19.0. The number of sulfonamides is 1. The molecule has 32 heavy (non-hydrogen) atoms. The van der Waals surface area contributed by atoms with Crippen molar-refractivity contribution in [1.29, 1.82) is 0 Å². The smallest absolute Gasteiger partial charge is 0.264 e. The van der Waals surface area contributed by atoms with E-state index in [1.54, 1.807) is 24.3 Å². The lowest BCUT2D eigenvalue weighted by molar-refractivity contribution is -0.119. The molecule has 0 aromatic heterocycles. The molecule has 2 aromatic rings. The second-order valence-corrected chi connectivity index (χ2v) is 9.91. The van der Waals surface area contributed by atoms with Gasteiger partial charge in [0.05, 0.1) is 17.2 Å². The first kappa shape index (κ1) is 26.0. The summed E-state index contributed by atoms with van der Waals surface area (Å²) in [6.45, 7) is 6.84. The topological polar surface area (TPSA) is 75.7 Å². The summed E-state index contributed by atoms with van der Waals surface area (Å²) in [5.41, 5.74) is 0.386. The highest BCUT2D eigenvalue weighted by molar-refractivity contribution is 7.92. The highest BCUT2D eigenvalue weighted by Gasteiger charge is 2.27. The van der Waals surface area contributed by atoms with Gasteiger partial charge in [0.25, 0.3) is 10.0 Å². The summed E-state index contributed by atoms with van der Waals surface area (Å²) in [5, 5.41) is 3.35. The maximum absolute atomic E-state index is 13.4. The Hall–Kier alpha value is -2.25. The average molecular weight is 481 g/mol. The zero-order valence-corrected chi connectivity index (χ0v) is 20.6. The van der Waals surface area contributed by atoms with E-state index < -0.39 is 10.0 Å². The lowest BCUT2D eigenvalue weighted by Crippen LogP contribution is -2.42. The maximum Gasteiger partial charge on any atom is 0.264 e. The number of hydrogen-bond acceptors (Lipinski definition) is 4. The van der Waals surface area contributed by atoms with Gasteiger partial charge in [0.2, 0.25) is 5.91 Å². The number of halogens is 1. The Morgan fingerprint density at radius 2 is 1.72 bits per heavy atom. The van der Waals surface area contributed by atoms with Crippen molar-refractivity contribution < 1.29 is 17.9 Å². The summed E-state index contributed by atoms with van der Waals surface area (Å²) in [6.07, 6.45) is 4.22. The molecular weight excluding hydrogens is 448 g/mol. The van der Waals surface area contributed by atoms with E-state index >= 15 is 0 Å². The molecule has 176 valence electrons. The molecule has 2 aromatic carbocycles. The number of unbranched alkanes of at least 4 members (excludes halogenated alkanes) is 1. The predicted molar refractivity (Wildman–Crippen MR) is 130 cm³/mol. The molecule has 1 N–H and O–H groups in total. The Kier molecular flexibility index (Phi) is 10.3. The summed E-state index contributed by atoms with van der Waals surface area (Å²) >= 11 is 5.92. The van der Waals surface area contributed by atoms with Gasteiger partial charge in [-0.05, 0) is 67.8 Å². The molecule has 0 fully saturated rings. The molecule has 0 saturated carbocycles. The minimum atomic E-state index is -3.98. The van der Waals surface area contributed by atoms with Crippen LogP contribution >= 0.6 is 11.6 Å². The van der Waals surface area contributed by atoms with Crippen molar-refractivity contribution in [3.8, 4) is 5.75 Å². The quantitative estimate of drug-likeness (QED) is 0.424. The van der Waals surface area contributed by atoms with Crippen LogP contribution in [0.5, 0.6) is 5.75 Å². The van der Waals surface area contributed by atoms with Gasteiger partial charge in [-0.2, -0.15) is 0 Å². The standard InChI is InChI=1S/C24H33ClN2O4S/c1-4-7-8-19(5-2)17-26-24(28)18-27(21-11-13-22(14-12-21)31-6-3)32(29,30)23-15-9-20(25)10-16-23/h9-16,19H,4-8,17-18H2,1-3H3,(H,26,28). The number of benzene rings is 2. The number of nitrogens with zero attached hydrogens (tertiary/aromatic N) is 1. The largest absolute Gasteiger partial charge is 0.494 e. The molecule has 0 spiro atoms. The molecule has 0 heterocycles. The SMILES string of the molecule is CCCCC(CC)CNC(=O)CN(c1ccc(OCC)cc1)S(=O)(=O)c1ccc(Cl)cc1. The van der Waals surface area contributed by atoms with Gasteiger partial charge < -0.3 is 10.1 Å². The molecule has 0 bridgehead atoms. The van der Waals surface area contributed by atoms with Crippen LogP contribution in [0.2, 0.25) is 5.02 Å². The van der Waals surface area contributed by atoms with E-state index in [0.717, 1.165) is 30.0 Å². The van der Waals surface area contributed by atoms with Crippen LogP contribution in [-0.4, -0.2) is 34.0 Å². The van der Waals surface area contributed by atoms with Crippen LogP contribution in [0.4, 0.5) is 5.69 Å². The molecule has 6 nitrogen and oxygen atoms in total. The van der Waals surface area contributed by atoms with Gasteiger partial charge >= 0.3 is 0 Å². The van der Waals surface area contributed by atoms with E-state index in [-0.39, 0.29) is 17.3 Å². The first-order chi connectivity index (χ1) is 15.3. The van der Waals surface area contributed by atoms with Crippen molar-refractivity contribution in [2.75, 3.05) is 24.0 Å². The van der Waals surface area contributed by atoms with Crippen LogP contribution in [0.15, 0.2) is 53.4 Å². The molecule has 0 saturated heterocycles. The summed E-state index contributed by atoms with van der Waals surface area (Å²) in [5.74, 6) is 0.670. The number of amides is 1. The molecule has 0 aliphatic carbocycles. The molecule has 0 radical (unpaired) electrons. The van der Waals surface area contributed by atoms with E-state index in [4.69, 9.17) is 16.3 Å². The molecule has 1 unspecified atom stereocenters. The van der Waals surface area contributed by atoms with Crippen LogP contribution in [0.25, 0.3) is 0 Å². The van der Waals surface area contributed by atoms with Gasteiger partial charge in [-0.1, -0.05) is 44.7 Å². The van der Waals surface area contributed by atoms with E-state index in [9.17, 15) is 13.2 Å². The van der Waals surface area contributed by atoms with Crippen LogP contribution in [0, 0.1) is 5.92 Å². The van der Waals surface area contributed by atoms with Crippen molar-refractivity contribution in [2.45, 2.75) is 51.3 Å². The number of hydrogen-bond donors (Lipinski definition) is 1. The highest BCUT2D eigenvalue weighted by Crippen LogP contribution is 2.26. The van der Waals surface area contributed by atoms with Crippen molar-refractivity contribution in [2.24, 2.45) is 5.92 Å². The number of nitrogens with one attached hydrogen (secondary N) is 1. The maximum atomic E-state index is 13.4. The summed E-state index contributed by atoms with van der Waals surface area (Å²) < 4.78 is 33.4. The Morgan fingerprint density at radius 1 is 1.06 bits per heavy atom. The lowest BCUT2D eigenvalue weighted by atomic mass is 9.99. The first-order valence-corrected chi connectivity index (χ1v) is 12.9. The lowest BCUT2D eigenvalue weighted by Gasteiger charge is -2.25. The molecule has 8 heteroatoms. The van der Waals surface area contributed by atoms with Gasteiger partial charge in [0.1, 0.15) is 12.3 Å². The average Bonchev–Trinajstić information content (AvgIpc) is 2.78. The fourth-order valence-corrected chi connectivity index (χ4v) is 4.86. The van der Waals surface area contributed by atoms with Gasteiger partial charge in [-0.3, -0.25) is 9.10 Å². The first-order valence-electron chi connectivity index (χ1n) is 11.1. The molecule has 0 aliphatic heterocycles. The third-order valence-corrected chi connectivity index (χ3v) is 7.30. The minimum Gasteiger partial charge on any atom is -0.494 e. The Morgan fingerprint density at radius 3 is 2.28 bits per heavy atom.